The van der Waals surface area contributed by atoms with Gasteiger partial charge in [-0.2, -0.15) is 0 Å². The van der Waals surface area contributed by atoms with Crippen molar-refractivity contribution in [2.75, 3.05) is 32.7 Å². The third-order valence-corrected chi connectivity index (χ3v) is 5.22. The van der Waals surface area contributed by atoms with E-state index in [9.17, 15) is 9.59 Å². The van der Waals surface area contributed by atoms with Crippen molar-refractivity contribution >= 4 is 11.8 Å². The molecule has 5 heteroatoms. The van der Waals surface area contributed by atoms with Gasteiger partial charge in [0.25, 0.3) is 0 Å². The third-order valence-electron chi connectivity index (χ3n) is 5.22. The van der Waals surface area contributed by atoms with Gasteiger partial charge >= 0.3 is 0 Å². The lowest BCUT2D eigenvalue weighted by atomic mass is 10.1. The fourth-order valence-electron chi connectivity index (χ4n) is 3.75. The zero-order valence-corrected chi connectivity index (χ0v) is 15.6. The van der Waals surface area contributed by atoms with Gasteiger partial charge in [0.15, 0.2) is 0 Å². The Morgan fingerprint density at radius 1 is 1.08 bits per heavy atom. The number of benzene rings is 1. The largest absolute Gasteiger partial charge is 0.340 e. The average Bonchev–Trinajstić information content (AvgIpc) is 2.98. The molecule has 0 aliphatic carbocycles. The molecule has 0 aromatic heterocycles. The van der Waals surface area contributed by atoms with Crippen LogP contribution in [0.15, 0.2) is 30.3 Å². The first kappa shape index (κ1) is 17.9. The van der Waals surface area contributed by atoms with Gasteiger partial charge in [0.2, 0.25) is 11.8 Å². The summed E-state index contributed by atoms with van der Waals surface area (Å²) in [4.78, 5) is 31.2. The molecule has 0 N–H and O–H groups in total. The molecular weight excluding hydrogens is 314 g/mol. The second-order valence-corrected chi connectivity index (χ2v) is 8.16. The summed E-state index contributed by atoms with van der Waals surface area (Å²) in [5.74, 6) is 0.0837. The molecular formula is C20H29N3O2. The third kappa shape index (κ3) is 4.21. The fourth-order valence-corrected chi connectivity index (χ4v) is 3.75. The lowest BCUT2D eigenvalue weighted by Gasteiger charge is -2.36. The Hall–Kier alpha value is -1.88. The number of piperazine rings is 1. The molecule has 2 saturated heterocycles. The van der Waals surface area contributed by atoms with Crippen LogP contribution in [0.2, 0.25) is 0 Å². The number of amides is 2. The number of carbonyl (C=O) groups is 2. The van der Waals surface area contributed by atoms with E-state index in [0.717, 1.165) is 32.7 Å². The number of carbonyl (C=O) groups excluding carboxylic acids is 2. The summed E-state index contributed by atoms with van der Waals surface area (Å²) in [6.07, 6.45) is 0.361. The molecule has 136 valence electrons. The van der Waals surface area contributed by atoms with Crippen molar-refractivity contribution in [2.24, 2.45) is 5.92 Å². The molecule has 1 aromatic rings. The van der Waals surface area contributed by atoms with Crippen molar-refractivity contribution in [3.63, 3.8) is 0 Å². The maximum atomic E-state index is 12.8. The predicted octanol–water partition coefficient (Wildman–Crippen LogP) is 1.98. The standard InChI is InChI=1S/C20H29N3O2/c1-20(2,3)23-15-17(13-18(23)24)19(25)22-11-9-21(10-12-22)14-16-7-5-4-6-8-16/h4-8,17H,9-15H2,1-3H3/t17-/m0/s1. The van der Waals surface area contributed by atoms with E-state index in [1.807, 2.05) is 36.6 Å². The highest BCUT2D eigenvalue weighted by Gasteiger charge is 2.41. The van der Waals surface area contributed by atoms with E-state index in [0.29, 0.717) is 13.0 Å². The van der Waals surface area contributed by atoms with E-state index in [2.05, 4.69) is 29.2 Å². The van der Waals surface area contributed by atoms with Crippen LogP contribution in [0.4, 0.5) is 0 Å². The fraction of sp³-hybridized carbons (Fsp3) is 0.600. The molecule has 2 fully saturated rings. The van der Waals surface area contributed by atoms with Gasteiger partial charge in [0, 0.05) is 51.2 Å². The van der Waals surface area contributed by atoms with Crippen molar-refractivity contribution in [2.45, 2.75) is 39.3 Å². The van der Waals surface area contributed by atoms with Gasteiger partial charge in [0.1, 0.15) is 0 Å². The minimum absolute atomic E-state index is 0.105. The van der Waals surface area contributed by atoms with Crippen LogP contribution in [0.5, 0.6) is 0 Å². The van der Waals surface area contributed by atoms with Crippen molar-refractivity contribution in [3.8, 4) is 0 Å². The van der Waals surface area contributed by atoms with E-state index >= 15 is 0 Å². The lowest BCUT2D eigenvalue weighted by molar-refractivity contribution is -0.137. The predicted molar refractivity (Wildman–Crippen MR) is 97.9 cm³/mol. The maximum Gasteiger partial charge on any atom is 0.228 e. The first-order valence-corrected chi connectivity index (χ1v) is 9.20. The topological polar surface area (TPSA) is 43.9 Å². The van der Waals surface area contributed by atoms with Crippen molar-refractivity contribution < 1.29 is 9.59 Å². The van der Waals surface area contributed by atoms with Crippen LogP contribution in [0.1, 0.15) is 32.8 Å². The summed E-state index contributed by atoms with van der Waals surface area (Å²) in [7, 11) is 0. The second kappa shape index (κ2) is 7.16. The maximum absolute atomic E-state index is 12.8. The number of hydrogen-bond acceptors (Lipinski definition) is 3. The molecule has 0 spiro atoms. The van der Waals surface area contributed by atoms with Gasteiger partial charge in [-0.15, -0.1) is 0 Å². The Kier molecular flexibility index (Phi) is 5.13. The molecule has 1 atom stereocenters. The van der Waals surface area contributed by atoms with Gasteiger partial charge < -0.3 is 9.80 Å². The first-order valence-electron chi connectivity index (χ1n) is 9.20. The smallest absolute Gasteiger partial charge is 0.228 e. The van der Waals surface area contributed by atoms with Crippen LogP contribution >= 0.6 is 0 Å². The van der Waals surface area contributed by atoms with Crippen LogP contribution < -0.4 is 0 Å². The zero-order chi connectivity index (χ0) is 18.0. The summed E-state index contributed by atoms with van der Waals surface area (Å²) < 4.78 is 0. The molecule has 0 bridgehead atoms. The van der Waals surface area contributed by atoms with Crippen molar-refractivity contribution in [1.82, 2.24) is 14.7 Å². The first-order chi connectivity index (χ1) is 11.8. The number of hydrogen-bond donors (Lipinski definition) is 0. The van der Waals surface area contributed by atoms with Gasteiger partial charge in [-0.25, -0.2) is 0 Å². The molecule has 0 saturated carbocycles. The normalized spacial score (nSPS) is 22.5. The number of likely N-dealkylation sites (tertiary alicyclic amines) is 1. The van der Waals surface area contributed by atoms with Crippen LogP contribution in [0.25, 0.3) is 0 Å². The molecule has 3 rings (SSSR count). The van der Waals surface area contributed by atoms with Gasteiger partial charge in [-0.1, -0.05) is 30.3 Å². The Bertz CT molecular complexity index is 616. The summed E-state index contributed by atoms with van der Waals surface area (Å²) in [6.45, 7) is 10.9. The summed E-state index contributed by atoms with van der Waals surface area (Å²) in [6, 6.07) is 10.4. The minimum Gasteiger partial charge on any atom is -0.340 e. The van der Waals surface area contributed by atoms with Crippen LogP contribution in [-0.2, 0) is 16.1 Å². The summed E-state index contributed by atoms with van der Waals surface area (Å²) >= 11 is 0. The van der Waals surface area contributed by atoms with Crippen LogP contribution in [0, 0.1) is 5.92 Å². The molecule has 1 aromatic carbocycles. The van der Waals surface area contributed by atoms with Crippen molar-refractivity contribution in [3.05, 3.63) is 35.9 Å². The van der Waals surface area contributed by atoms with E-state index in [1.54, 1.807) is 0 Å². The average molecular weight is 343 g/mol. The molecule has 25 heavy (non-hydrogen) atoms. The Balaban J connectivity index is 1.51. The van der Waals surface area contributed by atoms with E-state index < -0.39 is 0 Å². The Morgan fingerprint density at radius 3 is 2.28 bits per heavy atom. The quantitative estimate of drug-likeness (QED) is 0.843. The lowest BCUT2D eigenvalue weighted by Crippen LogP contribution is -2.50. The summed E-state index contributed by atoms with van der Waals surface area (Å²) in [5, 5.41) is 0. The van der Waals surface area contributed by atoms with E-state index in [1.165, 1.54) is 5.56 Å². The Labute approximate surface area is 150 Å². The van der Waals surface area contributed by atoms with Gasteiger partial charge in [0.05, 0.1) is 5.92 Å². The Morgan fingerprint density at radius 2 is 1.72 bits per heavy atom. The highest BCUT2D eigenvalue weighted by atomic mass is 16.2. The molecule has 2 aliphatic rings. The van der Waals surface area contributed by atoms with Gasteiger partial charge in [-0.05, 0) is 26.3 Å². The number of nitrogens with zero attached hydrogens (tertiary/aromatic N) is 3. The monoisotopic (exact) mass is 343 g/mol. The minimum atomic E-state index is -0.208. The molecule has 2 heterocycles. The van der Waals surface area contributed by atoms with E-state index in [4.69, 9.17) is 0 Å². The second-order valence-electron chi connectivity index (χ2n) is 8.16. The highest BCUT2D eigenvalue weighted by molar-refractivity contribution is 5.89. The molecule has 2 amide bonds. The molecule has 0 unspecified atom stereocenters. The molecule has 2 aliphatic heterocycles. The molecule has 0 radical (unpaired) electrons. The molecule has 5 nitrogen and oxygen atoms in total. The summed E-state index contributed by atoms with van der Waals surface area (Å²) in [5.41, 5.74) is 1.10. The number of rotatable bonds is 3. The van der Waals surface area contributed by atoms with E-state index in [-0.39, 0.29) is 23.3 Å². The highest BCUT2D eigenvalue weighted by Crippen LogP contribution is 2.27. The SMILES string of the molecule is CC(C)(C)N1C[C@@H](C(=O)N2CCN(Cc3ccccc3)CC2)CC1=O. The van der Waals surface area contributed by atoms with Gasteiger partial charge in [-0.3, -0.25) is 14.5 Å². The van der Waals surface area contributed by atoms with Crippen LogP contribution in [-0.4, -0.2) is 64.8 Å². The van der Waals surface area contributed by atoms with Crippen molar-refractivity contribution in [1.29, 1.82) is 0 Å². The van der Waals surface area contributed by atoms with Crippen LogP contribution in [0.3, 0.4) is 0 Å². The zero-order valence-electron chi connectivity index (χ0n) is 15.6.